The van der Waals surface area contributed by atoms with Gasteiger partial charge in [0, 0.05) is 30.9 Å². The zero-order valence-electron chi connectivity index (χ0n) is 17.5. The highest BCUT2D eigenvalue weighted by atomic mass is 32.2. The van der Waals surface area contributed by atoms with Gasteiger partial charge in [0.1, 0.15) is 0 Å². The van der Waals surface area contributed by atoms with Gasteiger partial charge in [0.25, 0.3) is 5.91 Å². The Hall–Kier alpha value is -2.87. The van der Waals surface area contributed by atoms with E-state index in [-0.39, 0.29) is 16.6 Å². The Kier molecular flexibility index (Phi) is 6.00. The van der Waals surface area contributed by atoms with Crippen molar-refractivity contribution in [3.63, 3.8) is 0 Å². The zero-order chi connectivity index (χ0) is 22.0. The number of rotatable bonds is 3. The average molecular weight is 443 g/mol. The number of ether oxygens (including phenoxy) is 1. The summed E-state index contributed by atoms with van der Waals surface area (Å²) in [7, 11) is -2.19. The molecule has 0 aromatic heterocycles. The van der Waals surface area contributed by atoms with E-state index in [4.69, 9.17) is 4.74 Å². The normalized spacial score (nSPS) is 18.1. The summed E-state index contributed by atoms with van der Waals surface area (Å²) in [6.07, 6.45) is 3.53. The Morgan fingerprint density at radius 3 is 2.23 bits per heavy atom. The van der Waals surface area contributed by atoms with E-state index in [9.17, 15) is 18.0 Å². The number of fused-ring (bicyclic) bond motifs is 1. The summed E-state index contributed by atoms with van der Waals surface area (Å²) in [4.78, 5) is 28.6. The Morgan fingerprint density at radius 1 is 0.871 bits per heavy atom. The van der Waals surface area contributed by atoms with Crippen molar-refractivity contribution in [2.75, 3.05) is 37.4 Å². The minimum atomic E-state index is -3.52. The van der Waals surface area contributed by atoms with Gasteiger partial charge in [0.05, 0.1) is 29.0 Å². The first-order valence-corrected chi connectivity index (χ1v) is 12.2. The molecule has 1 saturated heterocycles. The molecule has 0 atom stereocenters. The number of nitrogens with zero attached hydrogens (tertiary/aromatic N) is 2. The van der Waals surface area contributed by atoms with Crippen molar-refractivity contribution in [3.05, 3.63) is 53.6 Å². The number of esters is 1. The molecular formula is C23H26N2O5S. The Bertz CT molecular complexity index is 1090. The summed E-state index contributed by atoms with van der Waals surface area (Å²) in [5.74, 6) is -0.514. The zero-order valence-corrected chi connectivity index (χ0v) is 18.4. The molecule has 0 unspecified atom stereocenters. The second-order valence-electron chi connectivity index (χ2n) is 7.90. The van der Waals surface area contributed by atoms with Gasteiger partial charge in [-0.15, -0.1) is 0 Å². The van der Waals surface area contributed by atoms with Crippen molar-refractivity contribution >= 4 is 33.1 Å². The Balaban J connectivity index is 1.71. The van der Waals surface area contributed by atoms with Crippen LogP contribution in [0.5, 0.6) is 0 Å². The maximum atomic E-state index is 13.0. The van der Waals surface area contributed by atoms with Crippen LogP contribution in [0.25, 0.3) is 0 Å². The van der Waals surface area contributed by atoms with E-state index in [2.05, 4.69) is 0 Å². The van der Waals surface area contributed by atoms with Crippen LogP contribution in [0, 0.1) is 0 Å². The Labute approximate surface area is 182 Å². The molecule has 2 aromatic rings. The van der Waals surface area contributed by atoms with Gasteiger partial charge in [0.2, 0.25) is 0 Å². The first-order valence-electron chi connectivity index (χ1n) is 10.5. The van der Waals surface area contributed by atoms with Crippen molar-refractivity contribution in [1.82, 2.24) is 4.90 Å². The van der Waals surface area contributed by atoms with E-state index in [0.717, 1.165) is 24.9 Å². The largest absolute Gasteiger partial charge is 0.465 e. The van der Waals surface area contributed by atoms with Crippen LogP contribution in [-0.2, 0) is 14.6 Å². The second kappa shape index (κ2) is 8.70. The lowest BCUT2D eigenvalue weighted by Crippen LogP contribution is -2.35. The van der Waals surface area contributed by atoms with Crippen LogP contribution in [0.1, 0.15) is 46.4 Å². The Morgan fingerprint density at radius 2 is 1.55 bits per heavy atom. The highest BCUT2D eigenvalue weighted by Gasteiger charge is 2.29. The van der Waals surface area contributed by atoms with Gasteiger partial charge >= 0.3 is 5.97 Å². The summed E-state index contributed by atoms with van der Waals surface area (Å²) < 4.78 is 30.7. The third-order valence-electron chi connectivity index (χ3n) is 5.87. The van der Waals surface area contributed by atoms with Crippen molar-refractivity contribution in [3.8, 4) is 0 Å². The fraction of sp³-hybridized carbons (Fsp3) is 0.391. The summed E-state index contributed by atoms with van der Waals surface area (Å²) in [5, 5.41) is 0. The predicted octanol–water partition coefficient (Wildman–Crippen LogP) is 3.41. The number of carbonyl (C=O) groups is 2. The summed E-state index contributed by atoms with van der Waals surface area (Å²) in [6.45, 7) is 1.94. The van der Waals surface area contributed by atoms with Gasteiger partial charge in [-0.05, 0) is 68.1 Å². The fourth-order valence-electron chi connectivity index (χ4n) is 4.21. The van der Waals surface area contributed by atoms with E-state index < -0.39 is 15.8 Å². The van der Waals surface area contributed by atoms with Crippen LogP contribution in [0.15, 0.2) is 47.4 Å². The van der Waals surface area contributed by atoms with E-state index in [1.165, 1.54) is 13.2 Å². The predicted molar refractivity (Wildman–Crippen MR) is 118 cm³/mol. The number of likely N-dealkylation sites (tertiary alicyclic amines) is 1. The molecule has 0 spiro atoms. The molecule has 8 heteroatoms. The van der Waals surface area contributed by atoms with E-state index >= 15 is 0 Å². The molecule has 1 amide bonds. The lowest BCUT2D eigenvalue weighted by atomic mass is 10.1. The van der Waals surface area contributed by atoms with Crippen molar-refractivity contribution in [2.45, 2.75) is 30.6 Å². The van der Waals surface area contributed by atoms with Crippen molar-refractivity contribution < 1.29 is 22.7 Å². The standard InChI is InChI=1S/C23H26N2O5S/c1-30-23(27)17-6-9-19(10-7-17)25-14-5-15-31(28,29)21-16-18(8-11-20(21)25)22(26)24-12-3-2-4-13-24/h6-11,16H,2-5,12-15H2,1H3. The number of benzene rings is 2. The number of sulfone groups is 1. The number of amides is 1. The second-order valence-corrected chi connectivity index (χ2v) is 9.98. The van der Waals surface area contributed by atoms with Crippen LogP contribution in [0.3, 0.4) is 0 Å². The fourth-order valence-corrected chi connectivity index (χ4v) is 5.74. The quantitative estimate of drug-likeness (QED) is 0.678. The van der Waals surface area contributed by atoms with Crippen LogP contribution in [0.2, 0.25) is 0 Å². The first-order chi connectivity index (χ1) is 14.9. The number of piperidine rings is 1. The van der Waals surface area contributed by atoms with Gasteiger partial charge < -0.3 is 14.5 Å². The molecule has 164 valence electrons. The molecule has 2 heterocycles. The van der Waals surface area contributed by atoms with E-state index in [1.807, 2.05) is 4.90 Å². The third kappa shape index (κ3) is 4.30. The summed E-state index contributed by atoms with van der Waals surface area (Å²) in [5.41, 5.74) is 2.17. The number of hydrogen-bond donors (Lipinski definition) is 0. The van der Waals surface area contributed by atoms with Crippen molar-refractivity contribution in [1.29, 1.82) is 0 Å². The number of anilines is 2. The molecule has 1 fully saturated rings. The molecule has 0 N–H and O–H groups in total. The molecule has 2 aliphatic heterocycles. The van der Waals surface area contributed by atoms with Crippen molar-refractivity contribution in [2.24, 2.45) is 0 Å². The van der Waals surface area contributed by atoms with Crippen LogP contribution >= 0.6 is 0 Å². The van der Waals surface area contributed by atoms with Gasteiger partial charge in [0.15, 0.2) is 9.84 Å². The maximum absolute atomic E-state index is 13.0. The number of methoxy groups -OCH3 is 1. The lowest BCUT2D eigenvalue weighted by Gasteiger charge is -2.28. The SMILES string of the molecule is COC(=O)c1ccc(N2CCCS(=O)(=O)c3cc(C(=O)N4CCCCC4)ccc32)cc1. The number of carbonyl (C=O) groups excluding carboxylic acids is 2. The molecule has 2 aromatic carbocycles. The van der Waals surface area contributed by atoms with Crippen LogP contribution < -0.4 is 4.90 Å². The highest BCUT2D eigenvalue weighted by Crippen LogP contribution is 2.36. The number of hydrogen-bond acceptors (Lipinski definition) is 6. The molecule has 0 radical (unpaired) electrons. The molecule has 4 rings (SSSR count). The summed E-state index contributed by atoms with van der Waals surface area (Å²) >= 11 is 0. The minimum absolute atomic E-state index is 0.0259. The molecule has 0 saturated carbocycles. The molecule has 0 bridgehead atoms. The average Bonchev–Trinajstić information content (AvgIpc) is 2.94. The minimum Gasteiger partial charge on any atom is -0.465 e. The third-order valence-corrected chi connectivity index (χ3v) is 7.69. The first kappa shape index (κ1) is 21.4. The van der Waals surface area contributed by atoms with Gasteiger partial charge in [-0.2, -0.15) is 0 Å². The summed E-state index contributed by atoms with van der Waals surface area (Å²) in [6, 6.07) is 11.9. The molecule has 31 heavy (non-hydrogen) atoms. The van der Waals surface area contributed by atoms with Gasteiger partial charge in [-0.3, -0.25) is 4.79 Å². The molecular weight excluding hydrogens is 416 g/mol. The van der Waals surface area contributed by atoms with Crippen LogP contribution in [-0.4, -0.2) is 57.7 Å². The smallest absolute Gasteiger partial charge is 0.337 e. The van der Waals surface area contributed by atoms with Crippen LogP contribution in [0.4, 0.5) is 11.4 Å². The highest BCUT2D eigenvalue weighted by molar-refractivity contribution is 7.91. The molecule has 2 aliphatic rings. The van der Waals surface area contributed by atoms with Gasteiger partial charge in [-0.25, -0.2) is 13.2 Å². The topological polar surface area (TPSA) is 84.0 Å². The monoisotopic (exact) mass is 442 g/mol. The van der Waals surface area contributed by atoms with E-state index in [0.29, 0.717) is 42.9 Å². The lowest BCUT2D eigenvalue weighted by molar-refractivity contribution is 0.0600. The van der Waals surface area contributed by atoms with E-state index in [1.54, 1.807) is 41.3 Å². The van der Waals surface area contributed by atoms with Gasteiger partial charge in [-0.1, -0.05) is 0 Å². The maximum Gasteiger partial charge on any atom is 0.337 e. The molecule has 7 nitrogen and oxygen atoms in total. The molecule has 0 aliphatic carbocycles.